The van der Waals surface area contributed by atoms with Gasteiger partial charge < -0.3 is 24.3 Å². The molecule has 0 unspecified atom stereocenters. The highest BCUT2D eigenvalue weighted by Crippen LogP contribution is 2.59. The summed E-state index contributed by atoms with van der Waals surface area (Å²) in [5, 5.41) is -0.162. The maximum Gasteiger partial charge on any atom is 0.399 e. The van der Waals surface area contributed by atoms with Crippen molar-refractivity contribution in [3.05, 3.63) is 83.4 Å². The highest BCUT2D eigenvalue weighted by molar-refractivity contribution is 7.97. The smallest absolute Gasteiger partial charge is 0.399 e. The minimum atomic E-state index is -5.63. The Hall–Kier alpha value is -2.03. The fourth-order valence-corrected chi connectivity index (χ4v) is 5.70. The van der Waals surface area contributed by atoms with E-state index in [-0.39, 0.29) is 11.1 Å². The summed E-state index contributed by atoms with van der Waals surface area (Å²) in [6, 6.07) is 17.2. The van der Waals surface area contributed by atoms with E-state index in [1.165, 1.54) is 23.9 Å². The average Bonchev–Trinajstić information content (AvgIpc) is 2.83. The van der Waals surface area contributed by atoms with Crippen LogP contribution in [-0.4, -0.2) is 26.2 Å². The summed E-state index contributed by atoms with van der Waals surface area (Å²) in [4.78, 5) is 37.6. The second-order valence-corrected chi connectivity index (χ2v) is 13.4. The Kier molecular flexibility index (Phi) is 9.98. The first-order valence-corrected chi connectivity index (χ1v) is 16.1. The lowest BCUT2D eigenvalue weighted by Crippen LogP contribution is -2.13. The normalized spacial score (nSPS) is 12.7. The second-order valence-electron chi connectivity index (χ2n) is 9.23. The number of rotatable bonds is 12. The minimum absolute atomic E-state index is 0.162. The zero-order valence-electron chi connectivity index (χ0n) is 20.8. The van der Waals surface area contributed by atoms with Crippen molar-refractivity contribution in [3.8, 4) is 16.9 Å². The lowest BCUT2D eigenvalue weighted by atomic mass is 10.0. The lowest BCUT2D eigenvalue weighted by Gasteiger charge is -2.18. The van der Waals surface area contributed by atoms with Crippen LogP contribution in [0.3, 0.4) is 0 Å². The summed E-state index contributed by atoms with van der Waals surface area (Å²) in [6.45, 7) is 4.42. The molecule has 4 N–H and O–H groups in total. The number of hydrogen-bond donors (Lipinski definition) is 4. The number of ether oxygens (including phenoxy) is 1. The van der Waals surface area contributed by atoms with Gasteiger partial charge in [-0.25, -0.2) is 0 Å². The van der Waals surface area contributed by atoms with Crippen LogP contribution in [-0.2, 0) is 26.3 Å². The van der Waals surface area contributed by atoms with Crippen LogP contribution in [0.2, 0.25) is 0 Å². The van der Waals surface area contributed by atoms with Crippen molar-refractivity contribution >= 4 is 32.3 Å². The number of benzene rings is 3. The van der Waals surface area contributed by atoms with Crippen molar-refractivity contribution in [2.24, 2.45) is 5.92 Å². The van der Waals surface area contributed by atoms with Crippen LogP contribution in [0.4, 0.5) is 8.78 Å². The van der Waals surface area contributed by atoms with Crippen LogP contribution >= 0.6 is 27.0 Å². The molecule has 7 nitrogen and oxygen atoms in total. The molecule has 0 saturated heterocycles. The fraction of sp³-hybridized carbons (Fsp3) is 0.308. The van der Waals surface area contributed by atoms with E-state index < -0.39 is 26.4 Å². The van der Waals surface area contributed by atoms with E-state index in [1.807, 2.05) is 38.1 Å². The van der Waals surface area contributed by atoms with Gasteiger partial charge in [-0.15, -0.1) is 0 Å². The molecule has 38 heavy (non-hydrogen) atoms. The number of hydrogen-bond acceptors (Lipinski definition) is 4. The van der Waals surface area contributed by atoms with Crippen LogP contribution in [0.1, 0.15) is 37.0 Å². The quantitative estimate of drug-likeness (QED) is 0.184. The van der Waals surface area contributed by atoms with Gasteiger partial charge in [-0.1, -0.05) is 62.4 Å². The monoisotopic (exact) mass is 586 g/mol. The highest BCUT2D eigenvalue weighted by Gasteiger charge is 2.50. The number of halogens is 2. The standard InChI is InChI=1S/C26H30F2O7P2S/c1-18(2)12-13-35-24-11-10-22(15-25(24)36(29,30)31)21-8-6-19(7-9-21)16-38-17-20-4-3-5-23(14-20)26(27,28)37(32,33)34/h3-11,14-15,18H,12-13,16-17H2,1-2H3,(H2,29,30,31)(H2,32,33,34). The molecule has 0 spiro atoms. The summed E-state index contributed by atoms with van der Waals surface area (Å²) < 4.78 is 56.8. The van der Waals surface area contributed by atoms with Crippen molar-refractivity contribution in [1.29, 1.82) is 0 Å². The van der Waals surface area contributed by atoms with E-state index in [2.05, 4.69) is 0 Å². The molecule has 3 rings (SSSR count). The van der Waals surface area contributed by atoms with Gasteiger partial charge in [-0.3, -0.25) is 9.13 Å². The molecule has 0 aliphatic rings. The number of alkyl halides is 2. The topological polar surface area (TPSA) is 124 Å². The summed E-state index contributed by atoms with van der Waals surface area (Å²) in [5.41, 5.74) is -2.13. The van der Waals surface area contributed by atoms with Gasteiger partial charge in [-0.2, -0.15) is 20.5 Å². The summed E-state index contributed by atoms with van der Waals surface area (Å²) in [5.74, 6) is 1.47. The third kappa shape index (κ3) is 7.99. The molecule has 3 aromatic carbocycles. The van der Waals surface area contributed by atoms with Crippen LogP contribution in [0, 0.1) is 5.92 Å². The van der Waals surface area contributed by atoms with Crippen LogP contribution in [0.15, 0.2) is 66.7 Å². The first kappa shape index (κ1) is 30.5. The SMILES string of the molecule is CC(C)CCOc1ccc(-c2ccc(CSCc3cccc(C(F)(F)P(=O)(O)O)c3)cc2)cc1P(=O)(O)O. The molecule has 0 radical (unpaired) electrons. The lowest BCUT2D eigenvalue weighted by molar-refractivity contribution is 0.0564. The molecule has 0 heterocycles. The molecule has 0 bridgehead atoms. The van der Waals surface area contributed by atoms with Gasteiger partial charge in [0.05, 0.1) is 6.61 Å². The van der Waals surface area contributed by atoms with Crippen molar-refractivity contribution in [2.45, 2.75) is 37.4 Å². The van der Waals surface area contributed by atoms with E-state index in [9.17, 15) is 27.7 Å². The Labute approximate surface area is 224 Å². The van der Waals surface area contributed by atoms with Gasteiger partial charge in [0.1, 0.15) is 11.1 Å². The fourth-order valence-electron chi connectivity index (χ4n) is 3.55. The van der Waals surface area contributed by atoms with Gasteiger partial charge in [0, 0.05) is 17.1 Å². The molecule has 0 fully saturated rings. The van der Waals surface area contributed by atoms with E-state index in [1.54, 1.807) is 18.2 Å². The van der Waals surface area contributed by atoms with E-state index >= 15 is 0 Å². The molecular weight excluding hydrogens is 556 g/mol. The van der Waals surface area contributed by atoms with Crippen molar-refractivity contribution in [3.63, 3.8) is 0 Å². The molecule has 206 valence electrons. The Morgan fingerprint density at radius 3 is 2.11 bits per heavy atom. The van der Waals surface area contributed by atoms with Gasteiger partial charge in [0.25, 0.3) is 0 Å². The van der Waals surface area contributed by atoms with Crippen LogP contribution in [0.25, 0.3) is 11.1 Å². The molecule has 0 amide bonds. The first-order chi connectivity index (χ1) is 17.7. The first-order valence-electron chi connectivity index (χ1n) is 11.7. The highest BCUT2D eigenvalue weighted by atomic mass is 32.2. The second kappa shape index (κ2) is 12.4. The Morgan fingerprint density at radius 1 is 0.868 bits per heavy atom. The number of thioether (sulfide) groups is 1. The predicted octanol–water partition coefficient (Wildman–Crippen LogP) is 6.24. The largest absolute Gasteiger partial charge is 0.493 e. The van der Waals surface area contributed by atoms with Gasteiger partial charge in [0.15, 0.2) is 0 Å². The van der Waals surface area contributed by atoms with Crippen LogP contribution < -0.4 is 10.0 Å². The van der Waals surface area contributed by atoms with E-state index in [0.29, 0.717) is 35.2 Å². The zero-order valence-corrected chi connectivity index (χ0v) is 23.4. The van der Waals surface area contributed by atoms with Crippen molar-refractivity contribution in [2.75, 3.05) is 6.61 Å². The molecule has 12 heteroatoms. The van der Waals surface area contributed by atoms with Gasteiger partial charge in [0.2, 0.25) is 0 Å². The summed E-state index contributed by atoms with van der Waals surface area (Å²) in [6.07, 6.45) is 0.757. The van der Waals surface area contributed by atoms with E-state index in [0.717, 1.165) is 29.7 Å². The molecule has 3 aromatic rings. The summed E-state index contributed by atoms with van der Waals surface area (Å²) >= 11 is 1.45. The average molecular weight is 587 g/mol. The maximum atomic E-state index is 14.0. The van der Waals surface area contributed by atoms with Gasteiger partial charge in [-0.05, 0) is 52.8 Å². The molecule has 0 atom stereocenters. The molecule has 0 saturated carbocycles. The van der Waals surface area contributed by atoms with Crippen molar-refractivity contribution in [1.82, 2.24) is 0 Å². The third-order valence-electron chi connectivity index (χ3n) is 5.69. The van der Waals surface area contributed by atoms with Crippen molar-refractivity contribution < 1.29 is 42.2 Å². The van der Waals surface area contributed by atoms with Gasteiger partial charge >= 0.3 is 20.9 Å². The predicted molar refractivity (Wildman–Crippen MR) is 146 cm³/mol. The minimum Gasteiger partial charge on any atom is -0.493 e. The zero-order chi connectivity index (χ0) is 28.1. The van der Waals surface area contributed by atoms with E-state index in [4.69, 9.17) is 14.5 Å². The molecule has 0 aliphatic carbocycles. The molecular formula is C26H30F2O7P2S. The Balaban J connectivity index is 1.67. The summed E-state index contributed by atoms with van der Waals surface area (Å²) in [7, 11) is -10.2. The third-order valence-corrected chi connectivity index (χ3v) is 8.73. The van der Waals surface area contributed by atoms with Crippen LogP contribution in [0.5, 0.6) is 5.75 Å². The maximum absolute atomic E-state index is 14.0. The molecule has 0 aliphatic heterocycles. The Morgan fingerprint density at radius 2 is 1.50 bits per heavy atom. The molecule has 0 aromatic heterocycles. The Bertz CT molecular complexity index is 1340.